The van der Waals surface area contributed by atoms with Crippen LogP contribution < -0.4 is 5.32 Å². The summed E-state index contributed by atoms with van der Waals surface area (Å²) < 4.78 is 46.4. The van der Waals surface area contributed by atoms with Crippen molar-refractivity contribution in [2.75, 3.05) is 59.8 Å². The first-order valence-corrected chi connectivity index (χ1v) is 27.0. The van der Waals surface area contributed by atoms with Gasteiger partial charge < -0.3 is 50.5 Å². The Balaban J connectivity index is 0.00000861. The van der Waals surface area contributed by atoms with E-state index in [4.69, 9.17) is 9.47 Å². The average molecular weight is 1080 g/mol. The van der Waals surface area contributed by atoms with Crippen molar-refractivity contribution in [1.82, 2.24) is 5.32 Å². The highest BCUT2D eigenvalue weighted by Gasteiger charge is 2.77. The molecule has 0 heterocycles. The van der Waals surface area contributed by atoms with Gasteiger partial charge in [-0.15, -0.1) is 0 Å². The van der Waals surface area contributed by atoms with Gasteiger partial charge in [0.05, 0.1) is 56.5 Å². The minimum atomic E-state index is -2.54. The Hall–Kier alpha value is -4.05. The molecule has 0 unspecified atom stereocenters. The molecular weight excluding hydrogens is 1000 g/mol. The molecule has 19 heteroatoms. The molecule has 6 saturated carbocycles. The molecule has 77 heavy (non-hydrogen) atoms. The third-order valence-corrected chi connectivity index (χ3v) is 20.8. The SMILES string of the molecule is C.COCCOCCNC(=O)C(O)(CC(=O)CN=C1C=C[C@@]2(C)C(=C1)CC[C@H]1[C@@H]3C[C@@H](C)[C@](O)(C(=O)CO)[C@@]3(C)C[C@H](O)[C@@]12F)CC(=O)CN=C1C=C[C@@]2(C)C(=C1)CC[C@H]1[C@@H]3C[C@@H](C)[C@](O)(C(=O)CO)[C@@]3(C)C[C@H](O)[C@@]12F. The zero-order valence-corrected chi connectivity index (χ0v) is 44.9. The number of Topliss-reactive ketones (excluding diaryl/α,β-unsaturated/α-hetero) is 4. The van der Waals surface area contributed by atoms with Gasteiger partial charge in [0.2, 0.25) is 0 Å². The van der Waals surface area contributed by atoms with Crippen molar-refractivity contribution in [3.63, 3.8) is 0 Å². The molecule has 8 aliphatic rings. The first-order valence-electron chi connectivity index (χ1n) is 27.0. The van der Waals surface area contributed by atoms with Crippen molar-refractivity contribution in [3.05, 3.63) is 47.6 Å². The predicted molar refractivity (Wildman–Crippen MR) is 281 cm³/mol. The number of nitrogens with one attached hydrogen (secondary N) is 1. The summed E-state index contributed by atoms with van der Waals surface area (Å²) >= 11 is 0. The van der Waals surface area contributed by atoms with Crippen molar-refractivity contribution in [3.8, 4) is 0 Å². The van der Waals surface area contributed by atoms with Crippen molar-refractivity contribution in [2.24, 2.45) is 67.2 Å². The molecule has 1 amide bonds. The van der Waals surface area contributed by atoms with Crippen LogP contribution in [0.2, 0.25) is 0 Å². The summed E-state index contributed by atoms with van der Waals surface area (Å²) in [4.78, 5) is 76.1. The van der Waals surface area contributed by atoms with Gasteiger partial charge >= 0.3 is 0 Å². The van der Waals surface area contributed by atoms with Gasteiger partial charge in [-0.25, -0.2) is 8.78 Å². The number of halogens is 2. The molecule has 428 valence electrons. The number of hydrogen-bond acceptors (Lipinski definition) is 16. The van der Waals surface area contributed by atoms with Crippen molar-refractivity contribution in [1.29, 1.82) is 0 Å². The number of rotatable bonds is 19. The van der Waals surface area contributed by atoms with Gasteiger partial charge in [0.1, 0.15) is 24.4 Å². The third kappa shape index (κ3) is 8.98. The van der Waals surface area contributed by atoms with E-state index in [1.165, 1.54) is 7.11 Å². The van der Waals surface area contributed by atoms with Gasteiger partial charge in [0.15, 0.2) is 40.1 Å². The van der Waals surface area contributed by atoms with Crippen LogP contribution in [0.25, 0.3) is 0 Å². The minimum Gasteiger partial charge on any atom is -0.390 e. The summed E-state index contributed by atoms with van der Waals surface area (Å²) in [6, 6.07) is 0. The highest BCUT2D eigenvalue weighted by atomic mass is 19.1. The number of carbonyl (C=O) groups is 5. The summed E-state index contributed by atoms with van der Waals surface area (Å²) in [5, 5.41) is 81.2. The fourth-order valence-corrected chi connectivity index (χ4v) is 16.7. The largest absolute Gasteiger partial charge is 0.390 e. The lowest BCUT2D eigenvalue weighted by Gasteiger charge is -2.62. The maximum atomic E-state index is 18.0. The highest BCUT2D eigenvalue weighted by Crippen LogP contribution is 2.72. The maximum Gasteiger partial charge on any atom is 0.252 e. The van der Waals surface area contributed by atoms with E-state index in [0.29, 0.717) is 67.7 Å². The molecule has 0 aromatic carbocycles. The number of ether oxygens (including phenoxy) is 2. The Labute approximate surface area is 450 Å². The third-order valence-electron chi connectivity index (χ3n) is 20.8. The van der Waals surface area contributed by atoms with E-state index in [0.717, 1.165) is 0 Å². The maximum absolute atomic E-state index is 18.0. The van der Waals surface area contributed by atoms with E-state index in [1.54, 1.807) is 78.0 Å². The number of methoxy groups -OCH3 is 1. The molecule has 0 spiro atoms. The van der Waals surface area contributed by atoms with E-state index >= 15 is 8.78 Å². The number of ketones is 4. The highest BCUT2D eigenvalue weighted by molar-refractivity contribution is 6.08. The molecule has 6 fully saturated rings. The van der Waals surface area contributed by atoms with Crippen LogP contribution in [0.15, 0.2) is 57.6 Å². The standard InChI is InChI=1S/C57H79F2N3O14.CH4/c1-32-20-42-40-10-8-34-22-36(12-14-49(34,3)54(40,58)44(67)26-51(42,5)56(32,73)46(69)30-63)61-28-38(65)24-53(72,48(71)60-16-17-76-19-18-75-7)25-39(66)29-62-37-13-15-50(4)35(23-37)9-11-41-43-21-33(2)57(74,47(70)31-64)52(43,6)27-45(68)55(41,50)59;/h12-15,22-23,32-33,40-45,63-64,67-68,72-74H,8-11,16-21,24-31H2,1-7H3,(H,60,71);1H4/t32-,33-,40+,41+,42+,43+,44+,45+,49+,50+,51+,52+,53?,54+,55+,56+,57+;/m1./s1. The van der Waals surface area contributed by atoms with Crippen molar-refractivity contribution < 1.29 is 78.0 Å². The van der Waals surface area contributed by atoms with Gasteiger partial charge in [0.25, 0.3) is 5.91 Å². The Bertz CT molecular complexity index is 2410. The molecule has 0 aromatic rings. The molecule has 0 aliphatic heterocycles. The molecule has 0 saturated heterocycles. The Morgan fingerprint density at radius 1 is 0.701 bits per heavy atom. The predicted octanol–water partition coefficient (Wildman–Crippen LogP) is 3.61. The number of amides is 1. The normalized spacial score (nSPS) is 43.3. The Morgan fingerprint density at radius 3 is 1.51 bits per heavy atom. The minimum absolute atomic E-state index is 0. The lowest BCUT2D eigenvalue weighted by molar-refractivity contribution is -0.219. The van der Waals surface area contributed by atoms with Crippen LogP contribution in [-0.2, 0) is 33.4 Å². The zero-order valence-electron chi connectivity index (χ0n) is 44.9. The molecule has 0 aromatic heterocycles. The molecule has 17 nitrogen and oxygen atoms in total. The van der Waals surface area contributed by atoms with E-state index in [2.05, 4.69) is 15.3 Å². The number of carbonyl (C=O) groups excluding carboxylic acids is 5. The molecule has 16 atom stereocenters. The van der Waals surface area contributed by atoms with Crippen molar-refractivity contribution in [2.45, 2.75) is 154 Å². The van der Waals surface area contributed by atoms with E-state index in [9.17, 15) is 59.7 Å². The number of alkyl halides is 2. The van der Waals surface area contributed by atoms with E-state index in [-0.39, 0.29) is 40.0 Å². The molecule has 0 radical (unpaired) electrons. The molecule has 8 rings (SSSR count). The monoisotopic (exact) mass is 1080 g/mol. The van der Waals surface area contributed by atoms with Crippen LogP contribution in [0.1, 0.15) is 113 Å². The van der Waals surface area contributed by atoms with Gasteiger partial charge in [-0.2, -0.15) is 0 Å². The number of hydrogen-bond donors (Lipinski definition) is 8. The smallest absolute Gasteiger partial charge is 0.252 e. The second-order valence-corrected chi connectivity index (χ2v) is 24.5. The van der Waals surface area contributed by atoms with Crippen LogP contribution in [0.5, 0.6) is 0 Å². The fraction of sp³-hybridized carbons (Fsp3) is 0.741. The molecule has 8 aliphatic carbocycles. The number of allylic oxidation sites excluding steroid dienone is 8. The van der Waals surface area contributed by atoms with E-state index < -0.39 is 166 Å². The van der Waals surface area contributed by atoms with Gasteiger partial charge in [-0.3, -0.25) is 34.0 Å². The van der Waals surface area contributed by atoms with E-state index in [1.807, 2.05) is 0 Å². The topological polar surface area (TPSA) is 282 Å². The lowest BCUT2D eigenvalue weighted by Crippen LogP contribution is -2.69. The van der Waals surface area contributed by atoms with Crippen LogP contribution in [0.4, 0.5) is 8.78 Å². The Kier molecular flexibility index (Phi) is 16.9. The second-order valence-electron chi connectivity index (χ2n) is 24.5. The molecule has 0 bridgehead atoms. The first kappa shape index (κ1) is 60.6. The summed E-state index contributed by atoms with van der Waals surface area (Å²) in [7, 11) is 1.50. The van der Waals surface area contributed by atoms with Crippen LogP contribution in [0, 0.1) is 57.2 Å². The summed E-state index contributed by atoms with van der Waals surface area (Å²) in [6.07, 6.45) is 6.57. The van der Waals surface area contributed by atoms with Crippen LogP contribution in [0.3, 0.4) is 0 Å². The summed E-state index contributed by atoms with van der Waals surface area (Å²) in [6.45, 7) is 7.98. The van der Waals surface area contributed by atoms with Gasteiger partial charge in [0, 0.05) is 60.0 Å². The number of aliphatic hydroxyl groups excluding tert-OH is 4. The lowest BCUT2D eigenvalue weighted by atomic mass is 9.44. The Morgan fingerprint density at radius 2 is 1.12 bits per heavy atom. The van der Waals surface area contributed by atoms with Gasteiger partial charge in [-0.05, 0) is 113 Å². The number of aliphatic hydroxyl groups is 7. The summed E-state index contributed by atoms with van der Waals surface area (Å²) in [5.74, 6) is -7.41. The van der Waals surface area contributed by atoms with Crippen molar-refractivity contribution >= 4 is 40.5 Å². The van der Waals surface area contributed by atoms with Crippen LogP contribution in [-0.4, -0.2) is 176 Å². The quantitative estimate of drug-likeness (QED) is 0.0859. The van der Waals surface area contributed by atoms with Crippen LogP contribution >= 0.6 is 0 Å². The van der Waals surface area contributed by atoms with Gasteiger partial charge in [-0.1, -0.05) is 58.4 Å². The first-order chi connectivity index (χ1) is 35.6. The number of aliphatic imine (C=N–C) groups is 2. The summed E-state index contributed by atoms with van der Waals surface area (Å²) in [5.41, 5.74) is -13.9. The average Bonchev–Trinajstić information content (AvgIpc) is 4.02. The fourth-order valence-electron chi connectivity index (χ4n) is 16.7. The zero-order chi connectivity index (χ0) is 55.8. The molecular formula is C58H83F2N3O14. The number of nitrogens with zero attached hydrogens (tertiary/aromatic N) is 2. The second kappa shape index (κ2) is 21.4. The molecule has 8 N–H and O–H groups in total. The number of fused-ring (bicyclic) bond motifs is 10.